The van der Waals surface area contributed by atoms with Crippen molar-refractivity contribution in [1.82, 2.24) is 10.2 Å². The van der Waals surface area contributed by atoms with Crippen molar-refractivity contribution in [2.45, 2.75) is 45.1 Å². The summed E-state index contributed by atoms with van der Waals surface area (Å²) in [6.07, 6.45) is 4.26. The second-order valence-electron chi connectivity index (χ2n) is 5.92. The van der Waals surface area contributed by atoms with E-state index < -0.39 is 0 Å². The normalized spacial score (nSPS) is 24.6. The van der Waals surface area contributed by atoms with Crippen molar-refractivity contribution in [3.63, 3.8) is 0 Å². The van der Waals surface area contributed by atoms with E-state index in [4.69, 9.17) is 5.11 Å². The van der Waals surface area contributed by atoms with Gasteiger partial charge in [0, 0.05) is 32.2 Å². The first-order valence-electron chi connectivity index (χ1n) is 7.29. The fourth-order valence-electron chi connectivity index (χ4n) is 2.57. The first-order chi connectivity index (χ1) is 9.10. The number of nitrogens with zero attached hydrogens (tertiary/aromatic N) is 1. The molecule has 2 atom stereocenters. The molecule has 1 saturated heterocycles. The number of aliphatic hydroxyl groups is 1. The van der Waals surface area contributed by atoms with Gasteiger partial charge in [0.25, 0.3) is 0 Å². The molecule has 2 rings (SSSR count). The van der Waals surface area contributed by atoms with Crippen LogP contribution in [-0.2, 0) is 9.59 Å². The van der Waals surface area contributed by atoms with Crippen LogP contribution in [0.4, 0.5) is 0 Å². The Morgan fingerprint density at radius 2 is 2.26 bits per heavy atom. The van der Waals surface area contributed by atoms with Crippen molar-refractivity contribution in [3.05, 3.63) is 0 Å². The maximum Gasteiger partial charge on any atom is 0.225 e. The molecule has 108 valence electrons. The first kappa shape index (κ1) is 14.3. The van der Waals surface area contributed by atoms with E-state index in [0.717, 1.165) is 13.0 Å². The summed E-state index contributed by atoms with van der Waals surface area (Å²) < 4.78 is 0. The quantitative estimate of drug-likeness (QED) is 0.707. The zero-order chi connectivity index (χ0) is 13.8. The number of likely N-dealkylation sites (tertiary alicyclic amines) is 1. The Hall–Kier alpha value is -1.10. The first-order valence-corrected chi connectivity index (χ1v) is 7.29. The molecule has 1 aliphatic heterocycles. The van der Waals surface area contributed by atoms with Crippen molar-refractivity contribution in [3.8, 4) is 0 Å². The average Bonchev–Trinajstić information content (AvgIpc) is 3.10. The predicted octanol–water partition coefficient (Wildman–Crippen LogP) is 0.522. The van der Waals surface area contributed by atoms with E-state index in [9.17, 15) is 9.59 Å². The van der Waals surface area contributed by atoms with Gasteiger partial charge in [-0.05, 0) is 38.5 Å². The molecule has 0 aromatic carbocycles. The molecule has 2 fully saturated rings. The molecular formula is C14H24N2O3. The molecule has 2 N–H and O–H groups in total. The van der Waals surface area contributed by atoms with Crippen molar-refractivity contribution >= 4 is 11.8 Å². The van der Waals surface area contributed by atoms with Crippen molar-refractivity contribution in [2.24, 2.45) is 11.8 Å². The van der Waals surface area contributed by atoms with Crippen LogP contribution in [0.5, 0.6) is 0 Å². The molecule has 19 heavy (non-hydrogen) atoms. The van der Waals surface area contributed by atoms with Crippen molar-refractivity contribution in [2.75, 3.05) is 19.7 Å². The zero-order valence-electron chi connectivity index (χ0n) is 11.6. The minimum Gasteiger partial charge on any atom is -0.396 e. The lowest BCUT2D eigenvalue weighted by molar-refractivity contribution is -0.129. The number of rotatable bonds is 7. The Balaban J connectivity index is 1.75. The fourth-order valence-corrected chi connectivity index (χ4v) is 2.57. The van der Waals surface area contributed by atoms with Crippen molar-refractivity contribution in [1.29, 1.82) is 0 Å². The Labute approximate surface area is 114 Å². The molecule has 2 amide bonds. The highest BCUT2D eigenvalue weighted by Gasteiger charge is 2.37. The van der Waals surface area contributed by atoms with Gasteiger partial charge >= 0.3 is 0 Å². The number of carbonyl (C=O) groups excluding carboxylic acids is 2. The van der Waals surface area contributed by atoms with Crippen LogP contribution >= 0.6 is 0 Å². The van der Waals surface area contributed by atoms with E-state index in [1.165, 1.54) is 12.8 Å². The van der Waals surface area contributed by atoms with E-state index in [0.29, 0.717) is 25.3 Å². The molecule has 0 spiro atoms. The molecule has 0 aromatic heterocycles. The number of amides is 2. The molecule has 1 heterocycles. The summed E-state index contributed by atoms with van der Waals surface area (Å²) in [6, 6.07) is 0.0623. The van der Waals surface area contributed by atoms with Gasteiger partial charge in [-0.15, -0.1) is 0 Å². The zero-order valence-corrected chi connectivity index (χ0v) is 11.6. The third-order valence-electron chi connectivity index (χ3n) is 3.94. The van der Waals surface area contributed by atoms with Gasteiger partial charge in [-0.1, -0.05) is 0 Å². The minimum absolute atomic E-state index is 0.0166. The lowest BCUT2D eigenvalue weighted by atomic mass is 10.1. The minimum atomic E-state index is -0.192. The van der Waals surface area contributed by atoms with E-state index in [2.05, 4.69) is 5.32 Å². The molecule has 2 unspecified atom stereocenters. The number of hydrogen-bond donors (Lipinski definition) is 2. The summed E-state index contributed by atoms with van der Waals surface area (Å²) in [7, 11) is 0. The Kier molecular flexibility index (Phi) is 4.80. The molecule has 5 nitrogen and oxygen atoms in total. The SMILES string of the molecule is CC(CCCO)NC(=O)C1CC(=O)N(CC2CC2)C1. The summed E-state index contributed by atoms with van der Waals surface area (Å²) >= 11 is 0. The van der Waals surface area contributed by atoms with Gasteiger partial charge in [0.1, 0.15) is 0 Å². The molecule has 2 aliphatic rings. The van der Waals surface area contributed by atoms with Gasteiger partial charge in [0.15, 0.2) is 0 Å². The van der Waals surface area contributed by atoms with E-state index in [1.807, 2.05) is 11.8 Å². The van der Waals surface area contributed by atoms with Crippen LogP contribution in [0.25, 0.3) is 0 Å². The van der Waals surface area contributed by atoms with Crippen LogP contribution in [-0.4, -0.2) is 47.6 Å². The standard InChI is InChI=1S/C14H24N2O3/c1-10(3-2-6-17)15-14(19)12-7-13(18)16(9-12)8-11-4-5-11/h10-12,17H,2-9H2,1H3,(H,15,19). The highest BCUT2D eigenvalue weighted by Crippen LogP contribution is 2.32. The van der Waals surface area contributed by atoms with Crippen LogP contribution < -0.4 is 5.32 Å². The summed E-state index contributed by atoms with van der Waals surface area (Å²) in [5, 5.41) is 11.7. The van der Waals surface area contributed by atoms with Gasteiger partial charge < -0.3 is 15.3 Å². The Morgan fingerprint density at radius 3 is 2.89 bits per heavy atom. The molecule has 0 radical (unpaired) electrons. The number of aliphatic hydroxyl groups excluding tert-OH is 1. The number of nitrogens with one attached hydrogen (secondary N) is 1. The number of carbonyl (C=O) groups is 2. The molecule has 1 aliphatic carbocycles. The highest BCUT2D eigenvalue weighted by atomic mass is 16.3. The third-order valence-corrected chi connectivity index (χ3v) is 3.94. The molecule has 0 aromatic rings. The van der Waals surface area contributed by atoms with Crippen LogP contribution in [0.3, 0.4) is 0 Å². The third kappa shape index (κ3) is 4.20. The lowest BCUT2D eigenvalue weighted by Crippen LogP contribution is -2.38. The highest BCUT2D eigenvalue weighted by molar-refractivity contribution is 5.89. The van der Waals surface area contributed by atoms with Crippen LogP contribution in [0.1, 0.15) is 39.0 Å². The Bertz CT molecular complexity index is 342. The van der Waals surface area contributed by atoms with Gasteiger partial charge in [-0.3, -0.25) is 9.59 Å². The summed E-state index contributed by atoms with van der Waals surface area (Å²) in [5.74, 6) is 0.587. The van der Waals surface area contributed by atoms with Gasteiger partial charge in [-0.2, -0.15) is 0 Å². The summed E-state index contributed by atoms with van der Waals surface area (Å²) in [5.41, 5.74) is 0. The largest absolute Gasteiger partial charge is 0.396 e. The van der Waals surface area contributed by atoms with Crippen LogP contribution in [0.15, 0.2) is 0 Å². The van der Waals surface area contributed by atoms with E-state index >= 15 is 0 Å². The molecule has 5 heteroatoms. The number of hydrogen-bond acceptors (Lipinski definition) is 3. The average molecular weight is 268 g/mol. The topological polar surface area (TPSA) is 69.6 Å². The van der Waals surface area contributed by atoms with Gasteiger partial charge in [-0.25, -0.2) is 0 Å². The molecule has 1 saturated carbocycles. The lowest BCUT2D eigenvalue weighted by Gasteiger charge is -2.18. The Morgan fingerprint density at radius 1 is 1.53 bits per heavy atom. The molecule has 0 bridgehead atoms. The van der Waals surface area contributed by atoms with Crippen LogP contribution in [0, 0.1) is 11.8 Å². The van der Waals surface area contributed by atoms with Crippen LogP contribution in [0.2, 0.25) is 0 Å². The smallest absolute Gasteiger partial charge is 0.225 e. The second-order valence-corrected chi connectivity index (χ2v) is 5.92. The molecular weight excluding hydrogens is 244 g/mol. The summed E-state index contributed by atoms with van der Waals surface area (Å²) in [6.45, 7) is 3.50. The van der Waals surface area contributed by atoms with E-state index in [-0.39, 0.29) is 30.4 Å². The van der Waals surface area contributed by atoms with Crippen molar-refractivity contribution < 1.29 is 14.7 Å². The second kappa shape index (κ2) is 6.37. The van der Waals surface area contributed by atoms with Gasteiger partial charge in [0.2, 0.25) is 11.8 Å². The maximum absolute atomic E-state index is 12.1. The maximum atomic E-state index is 12.1. The summed E-state index contributed by atoms with van der Waals surface area (Å²) in [4.78, 5) is 25.7. The van der Waals surface area contributed by atoms with E-state index in [1.54, 1.807) is 0 Å². The predicted molar refractivity (Wildman–Crippen MR) is 71.3 cm³/mol. The monoisotopic (exact) mass is 268 g/mol. The van der Waals surface area contributed by atoms with Gasteiger partial charge in [0.05, 0.1) is 5.92 Å². The fraction of sp³-hybridized carbons (Fsp3) is 0.857.